The molecule has 0 saturated carbocycles. The van der Waals surface area contributed by atoms with Gasteiger partial charge in [0, 0.05) is 5.69 Å². The summed E-state index contributed by atoms with van der Waals surface area (Å²) in [6, 6.07) is 6.38. The van der Waals surface area contributed by atoms with E-state index in [1.165, 1.54) is 4.90 Å². The summed E-state index contributed by atoms with van der Waals surface area (Å²) in [6.45, 7) is -0.00389. The first kappa shape index (κ1) is 16.2. The van der Waals surface area contributed by atoms with Crippen LogP contribution in [-0.4, -0.2) is 50.4 Å². The van der Waals surface area contributed by atoms with Gasteiger partial charge in [-0.25, -0.2) is 17.6 Å². The Morgan fingerprint density at radius 1 is 1.26 bits per heavy atom. The van der Waals surface area contributed by atoms with Crippen LogP contribution in [0.2, 0.25) is 0 Å². The van der Waals surface area contributed by atoms with Gasteiger partial charge >= 0.3 is 6.09 Å². The van der Waals surface area contributed by atoms with Crippen LogP contribution in [0.15, 0.2) is 24.3 Å². The number of sulfone groups is 1. The lowest BCUT2D eigenvalue weighted by Crippen LogP contribution is -2.33. The Kier molecular flexibility index (Phi) is 4.05. The highest BCUT2D eigenvalue weighted by molar-refractivity contribution is 7.91. The Balaban J connectivity index is 1.76. The summed E-state index contributed by atoms with van der Waals surface area (Å²) in [5.74, 6) is -0.302. The van der Waals surface area contributed by atoms with Crippen molar-refractivity contribution in [1.82, 2.24) is 0 Å². The van der Waals surface area contributed by atoms with Gasteiger partial charge in [0.05, 0.1) is 24.7 Å². The van der Waals surface area contributed by atoms with Gasteiger partial charge in [0.2, 0.25) is 0 Å². The molecule has 0 aliphatic carbocycles. The zero-order valence-electron chi connectivity index (χ0n) is 12.4. The Morgan fingerprint density at radius 2 is 1.87 bits per heavy atom. The van der Waals surface area contributed by atoms with Gasteiger partial charge in [-0.15, -0.1) is 0 Å². The van der Waals surface area contributed by atoms with Gasteiger partial charge in [0.25, 0.3) is 0 Å². The number of ether oxygens (including phenoxy) is 1. The third kappa shape index (κ3) is 3.18. The van der Waals surface area contributed by atoms with Crippen molar-refractivity contribution in [2.75, 3.05) is 29.6 Å². The van der Waals surface area contributed by atoms with Gasteiger partial charge in [-0.1, -0.05) is 12.1 Å². The molecule has 1 N–H and O–H groups in total. The van der Waals surface area contributed by atoms with Crippen molar-refractivity contribution >= 4 is 21.6 Å². The number of aliphatic hydroxyl groups excluding tert-OH is 1. The molecule has 1 atom stereocenters. The van der Waals surface area contributed by atoms with Crippen LogP contribution in [0.1, 0.15) is 18.4 Å². The predicted molar refractivity (Wildman–Crippen MR) is 81.8 cm³/mol. The van der Waals surface area contributed by atoms with Crippen molar-refractivity contribution in [3.05, 3.63) is 29.8 Å². The molecule has 2 aliphatic heterocycles. The van der Waals surface area contributed by atoms with E-state index >= 15 is 0 Å². The molecule has 8 heteroatoms. The van der Waals surface area contributed by atoms with Crippen molar-refractivity contribution < 1.29 is 27.4 Å². The number of aliphatic hydroxyl groups is 1. The zero-order chi connectivity index (χ0) is 16.7. The summed E-state index contributed by atoms with van der Waals surface area (Å²) < 4.78 is 42.8. The van der Waals surface area contributed by atoms with Gasteiger partial charge in [0.15, 0.2) is 9.84 Å². The van der Waals surface area contributed by atoms with E-state index in [-0.39, 0.29) is 37.5 Å². The summed E-state index contributed by atoms with van der Waals surface area (Å²) in [6.07, 6.45) is -1.20. The largest absolute Gasteiger partial charge is 0.441 e. The monoisotopic (exact) mass is 343 g/mol. The molecule has 0 unspecified atom stereocenters. The number of carbonyl (C=O) groups is 1. The number of cyclic esters (lactones) is 1. The van der Waals surface area contributed by atoms with Crippen molar-refractivity contribution in [1.29, 1.82) is 0 Å². The summed E-state index contributed by atoms with van der Waals surface area (Å²) >= 11 is 0. The van der Waals surface area contributed by atoms with Crippen molar-refractivity contribution in [2.45, 2.75) is 24.6 Å². The number of amides is 1. The van der Waals surface area contributed by atoms with E-state index in [1.54, 1.807) is 24.3 Å². The van der Waals surface area contributed by atoms with Crippen LogP contribution in [0.25, 0.3) is 0 Å². The average molecular weight is 343 g/mol. The Labute approximate surface area is 133 Å². The molecule has 1 aromatic rings. The van der Waals surface area contributed by atoms with Crippen molar-refractivity contribution in [2.24, 2.45) is 0 Å². The van der Waals surface area contributed by atoms with E-state index < -0.39 is 27.7 Å². The molecule has 0 aromatic heterocycles. The highest BCUT2D eigenvalue weighted by atomic mass is 32.2. The second kappa shape index (κ2) is 5.76. The van der Waals surface area contributed by atoms with Gasteiger partial charge < -0.3 is 9.84 Å². The highest BCUT2D eigenvalue weighted by Gasteiger charge is 2.39. The molecule has 1 amide bonds. The van der Waals surface area contributed by atoms with Gasteiger partial charge in [-0.2, -0.15) is 0 Å². The van der Waals surface area contributed by atoms with E-state index in [2.05, 4.69) is 0 Å². The Hall–Kier alpha value is -1.67. The van der Waals surface area contributed by atoms with Crippen LogP contribution in [-0.2, 0) is 20.2 Å². The minimum Gasteiger partial charge on any atom is -0.441 e. The molecular formula is C15H18FNO5S. The maximum absolute atomic E-state index is 14.9. The number of benzene rings is 1. The second-order valence-corrected chi connectivity index (χ2v) is 8.27. The molecule has 2 fully saturated rings. The van der Waals surface area contributed by atoms with E-state index in [4.69, 9.17) is 9.84 Å². The SMILES string of the molecule is O=C1O[C@@H](CO)CN1c1ccc(C2(F)CCS(=O)(=O)CC2)cc1. The molecule has 23 heavy (non-hydrogen) atoms. The third-order valence-electron chi connectivity index (χ3n) is 4.39. The first-order valence-electron chi connectivity index (χ1n) is 7.42. The number of alkyl halides is 1. The number of hydrogen-bond donors (Lipinski definition) is 1. The smallest absolute Gasteiger partial charge is 0.414 e. The van der Waals surface area contributed by atoms with E-state index in [9.17, 15) is 17.6 Å². The molecule has 0 bridgehead atoms. The predicted octanol–water partition coefficient (Wildman–Crippen LogP) is 1.38. The third-order valence-corrected chi connectivity index (χ3v) is 6.04. The summed E-state index contributed by atoms with van der Waals surface area (Å²) in [5, 5.41) is 9.04. The molecule has 0 spiro atoms. The molecule has 1 aromatic carbocycles. The van der Waals surface area contributed by atoms with E-state index in [1.807, 2.05) is 0 Å². The molecule has 126 valence electrons. The fourth-order valence-electron chi connectivity index (χ4n) is 2.92. The van der Waals surface area contributed by atoms with Crippen molar-refractivity contribution in [3.8, 4) is 0 Å². The number of hydrogen-bond acceptors (Lipinski definition) is 5. The van der Waals surface area contributed by atoms with Gasteiger partial charge in [0.1, 0.15) is 11.8 Å². The quantitative estimate of drug-likeness (QED) is 0.896. The molecule has 0 radical (unpaired) electrons. The Bertz CT molecular complexity index is 689. The molecule has 2 saturated heterocycles. The molecule has 6 nitrogen and oxygen atoms in total. The molecule has 3 rings (SSSR count). The zero-order valence-corrected chi connectivity index (χ0v) is 13.3. The lowest BCUT2D eigenvalue weighted by atomic mass is 9.90. The lowest BCUT2D eigenvalue weighted by Gasteiger charge is -2.30. The van der Waals surface area contributed by atoms with Crippen molar-refractivity contribution in [3.63, 3.8) is 0 Å². The minimum atomic E-state index is -3.13. The van der Waals surface area contributed by atoms with Crippen LogP contribution in [0, 0.1) is 0 Å². The first-order chi connectivity index (χ1) is 10.8. The maximum atomic E-state index is 14.9. The van der Waals surface area contributed by atoms with Crippen LogP contribution < -0.4 is 4.90 Å². The number of rotatable bonds is 3. The van der Waals surface area contributed by atoms with Crippen LogP contribution >= 0.6 is 0 Å². The number of halogens is 1. The maximum Gasteiger partial charge on any atom is 0.414 e. The fourth-order valence-corrected chi connectivity index (χ4v) is 4.39. The van der Waals surface area contributed by atoms with Gasteiger partial charge in [-0.3, -0.25) is 4.90 Å². The van der Waals surface area contributed by atoms with Crippen LogP contribution in [0.5, 0.6) is 0 Å². The standard InChI is InChI=1S/C15H18FNO5S/c16-15(5-7-23(20,21)8-6-15)11-1-3-12(4-2-11)17-9-13(10-18)22-14(17)19/h1-4,13,18H,5-10H2/t13-/m1/s1. The van der Waals surface area contributed by atoms with E-state index in [0.717, 1.165) is 0 Å². The summed E-state index contributed by atoms with van der Waals surface area (Å²) in [7, 11) is -3.13. The Morgan fingerprint density at radius 3 is 2.39 bits per heavy atom. The molecular weight excluding hydrogens is 325 g/mol. The summed E-state index contributed by atoms with van der Waals surface area (Å²) in [5.41, 5.74) is -0.674. The van der Waals surface area contributed by atoms with Gasteiger partial charge in [-0.05, 0) is 30.5 Å². The number of nitrogens with zero attached hydrogens (tertiary/aromatic N) is 1. The second-order valence-electron chi connectivity index (χ2n) is 5.96. The molecule has 2 aliphatic rings. The molecule has 2 heterocycles. The normalized spacial score (nSPS) is 26.1. The van der Waals surface area contributed by atoms with Crippen LogP contribution in [0.4, 0.5) is 14.9 Å². The highest BCUT2D eigenvalue weighted by Crippen LogP contribution is 2.38. The van der Waals surface area contributed by atoms with Crippen LogP contribution in [0.3, 0.4) is 0 Å². The number of anilines is 1. The first-order valence-corrected chi connectivity index (χ1v) is 9.24. The minimum absolute atomic E-state index is 0.0486. The topological polar surface area (TPSA) is 83.9 Å². The summed E-state index contributed by atoms with van der Waals surface area (Å²) in [4.78, 5) is 13.1. The van der Waals surface area contributed by atoms with E-state index in [0.29, 0.717) is 11.3 Å². The average Bonchev–Trinajstić information content (AvgIpc) is 2.92. The fraction of sp³-hybridized carbons (Fsp3) is 0.533. The number of carbonyl (C=O) groups excluding carboxylic acids is 1. The lowest BCUT2D eigenvalue weighted by molar-refractivity contribution is 0.0963.